The van der Waals surface area contributed by atoms with Crippen LogP contribution in [0.3, 0.4) is 0 Å². The molecule has 7 heteroatoms. The van der Waals surface area contributed by atoms with Gasteiger partial charge in [-0.3, -0.25) is 10.1 Å². The molecule has 0 heterocycles. The number of hydrogen-bond donors (Lipinski definition) is 0. The molecular weight excluding hydrogens is 303 g/mol. The van der Waals surface area contributed by atoms with E-state index in [-0.39, 0.29) is 0 Å². The fourth-order valence-electron chi connectivity index (χ4n) is 1.22. The summed E-state index contributed by atoms with van der Waals surface area (Å²) in [5.74, 6) is 0. The summed E-state index contributed by atoms with van der Waals surface area (Å²) in [5.41, 5.74) is -1.82. The number of hydrogen-bond acceptors (Lipinski definition) is 2. The molecule has 0 atom stereocenters. The van der Waals surface area contributed by atoms with Crippen molar-refractivity contribution in [1.29, 1.82) is 0 Å². The van der Waals surface area contributed by atoms with Gasteiger partial charge in [-0.15, -0.1) is 0 Å². The summed E-state index contributed by atoms with van der Waals surface area (Å²) in [6.45, 7) is 0. The van der Waals surface area contributed by atoms with Crippen molar-refractivity contribution in [2.75, 3.05) is 5.33 Å². The van der Waals surface area contributed by atoms with Gasteiger partial charge in [-0.25, -0.2) is 0 Å². The molecule has 17 heavy (non-hydrogen) atoms. The van der Waals surface area contributed by atoms with E-state index in [4.69, 9.17) is 0 Å². The molecule has 0 radical (unpaired) electrons. The molecule has 92 valence electrons. The molecule has 0 spiro atoms. The fraction of sp³-hybridized carbons (Fsp3) is 0.200. The average Bonchev–Trinajstić information content (AvgIpc) is 2.24. The molecule has 1 aromatic rings. The van der Waals surface area contributed by atoms with Gasteiger partial charge in [-0.2, -0.15) is 13.2 Å². The summed E-state index contributed by atoms with van der Waals surface area (Å²) in [7, 11) is 0. The molecule has 0 saturated heterocycles. The first-order valence-corrected chi connectivity index (χ1v) is 5.56. The molecule has 0 N–H and O–H groups in total. The smallest absolute Gasteiger partial charge is 0.258 e. The molecule has 0 amide bonds. The van der Waals surface area contributed by atoms with Gasteiger partial charge in [0, 0.05) is 11.4 Å². The number of rotatable bonds is 3. The second-order valence-corrected chi connectivity index (χ2v) is 3.74. The summed E-state index contributed by atoms with van der Waals surface area (Å²) in [4.78, 5) is 9.53. The van der Waals surface area contributed by atoms with Crippen molar-refractivity contribution in [2.45, 2.75) is 6.18 Å². The molecule has 3 nitrogen and oxygen atoms in total. The molecule has 1 rings (SSSR count). The first-order chi connectivity index (χ1) is 7.86. The van der Waals surface area contributed by atoms with Crippen LogP contribution in [0.25, 0.3) is 6.08 Å². The van der Waals surface area contributed by atoms with Crippen molar-refractivity contribution in [3.8, 4) is 0 Å². The van der Waals surface area contributed by atoms with Crippen molar-refractivity contribution in [3.05, 3.63) is 45.5 Å². The van der Waals surface area contributed by atoms with Crippen LogP contribution in [0.1, 0.15) is 11.1 Å². The third kappa shape index (κ3) is 3.55. The van der Waals surface area contributed by atoms with E-state index >= 15 is 0 Å². The molecule has 0 aliphatic carbocycles. The third-order valence-electron chi connectivity index (χ3n) is 1.92. The Balaban J connectivity index is 3.27. The Kier molecular flexibility index (Phi) is 4.28. The largest absolute Gasteiger partial charge is 0.422 e. The van der Waals surface area contributed by atoms with Crippen molar-refractivity contribution in [3.63, 3.8) is 0 Å². The SMILES string of the molecule is O=[N+]([O-])c1cc(C=CCBr)ccc1C(F)(F)F. The van der Waals surface area contributed by atoms with E-state index < -0.39 is 22.4 Å². The predicted octanol–water partition coefficient (Wildman–Crippen LogP) is 4.02. The van der Waals surface area contributed by atoms with Gasteiger partial charge in [-0.05, 0) is 11.6 Å². The minimum atomic E-state index is -4.72. The van der Waals surface area contributed by atoms with Gasteiger partial charge in [0.15, 0.2) is 0 Å². The van der Waals surface area contributed by atoms with E-state index in [2.05, 4.69) is 15.9 Å². The van der Waals surface area contributed by atoms with E-state index in [1.165, 1.54) is 12.1 Å². The van der Waals surface area contributed by atoms with Crippen molar-refractivity contribution in [2.24, 2.45) is 0 Å². The van der Waals surface area contributed by atoms with Gasteiger partial charge in [0.25, 0.3) is 5.69 Å². The van der Waals surface area contributed by atoms with Gasteiger partial charge < -0.3 is 0 Å². The zero-order valence-corrected chi connectivity index (χ0v) is 9.96. The standard InChI is InChI=1S/C10H7BrF3NO2/c11-5-1-2-7-3-4-8(10(12,13)14)9(6-7)15(16)17/h1-4,6H,5H2. The first-order valence-electron chi connectivity index (χ1n) is 4.44. The van der Waals surface area contributed by atoms with Crippen LogP contribution in [0.4, 0.5) is 18.9 Å². The lowest BCUT2D eigenvalue weighted by atomic mass is 10.1. The van der Waals surface area contributed by atoms with E-state index in [1.807, 2.05) is 0 Å². The molecule has 0 aromatic heterocycles. The highest BCUT2D eigenvalue weighted by Gasteiger charge is 2.37. The predicted molar refractivity (Wildman–Crippen MR) is 60.9 cm³/mol. The third-order valence-corrected chi connectivity index (χ3v) is 2.30. The zero-order valence-electron chi connectivity index (χ0n) is 8.37. The molecule has 0 aliphatic heterocycles. The lowest BCUT2D eigenvalue weighted by Crippen LogP contribution is -2.08. The number of benzene rings is 1. The molecule has 0 fully saturated rings. The van der Waals surface area contributed by atoms with Crippen molar-refractivity contribution >= 4 is 27.7 Å². The molecule has 1 aromatic carbocycles. The van der Waals surface area contributed by atoms with E-state index in [9.17, 15) is 23.3 Å². The Hall–Kier alpha value is -1.37. The summed E-state index contributed by atoms with van der Waals surface area (Å²) >= 11 is 3.10. The topological polar surface area (TPSA) is 43.1 Å². The highest BCUT2D eigenvalue weighted by atomic mass is 79.9. The summed E-state index contributed by atoms with van der Waals surface area (Å²) in [6, 6.07) is 2.81. The van der Waals surface area contributed by atoms with Crippen LogP contribution >= 0.6 is 15.9 Å². The Morgan fingerprint density at radius 3 is 2.53 bits per heavy atom. The van der Waals surface area contributed by atoms with Crippen LogP contribution in [0.2, 0.25) is 0 Å². The quantitative estimate of drug-likeness (QED) is 0.481. The van der Waals surface area contributed by atoms with Gasteiger partial charge in [0.1, 0.15) is 5.56 Å². The maximum atomic E-state index is 12.5. The maximum Gasteiger partial charge on any atom is 0.422 e. The van der Waals surface area contributed by atoms with Crippen LogP contribution < -0.4 is 0 Å². The van der Waals surface area contributed by atoms with Gasteiger partial charge in [0.05, 0.1) is 4.92 Å². The van der Waals surface area contributed by atoms with Crippen LogP contribution in [0, 0.1) is 10.1 Å². The average molecular weight is 310 g/mol. The van der Waals surface area contributed by atoms with Crippen LogP contribution in [0.5, 0.6) is 0 Å². The first kappa shape index (κ1) is 13.7. The van der Waals surface area contributed by atoms with Gasteiger partial charge >= 0.3 is 6.18 Å². The normalized spacial score (nSPS) is 12.0. The van der Waals surface area contributed by atoms with Gasteiger partial charge in [-0.1, -0.05) is 34.1 Å². The Morgan fingerprint density at radius 1 is 1.41 bits per heavy atom. The molecule has 0 unspecified atom stereocenters. The second-order valence-electron chi connectivity index (χ2n) is 3.09. The minimum absolute atomic E-state index is 0.351. The summed E-state index contributed by atoms with van der Waals surface area (Å²) in [5, 5.41) is 11.1. The maximum absolute atomic E-state index is 12.5. The molecule has 0 bridgehead atoms. The second kappa shape index (κ2) is 5.31. The fourth-order valence-corrected chi connectivity index (χ4v) is 1.41. The monoisotopic (exact) mass is 309 g/mol. The lowest BCUT2D eigenvalue weighted by molar-refractivity contribution is -0.388. The number of alkyl halides is 4. The highest BCUT2D eigenvalue weighted by molar-refractivity contribution is 9.09. The zero-order chi connectivity index (χ0) is 13.1. The number of allylic oxidation sites excluding steroid dienone is 1. The Morgan fingerprint density at radius 2 is 2.06 bits per heavy atom. The minimum Gasteiger partial charge on any atom is -0.258 e. The number of nitrogens with zero attached hydrogens (tertiary/aromatic N) is 1. The van der Waals surface area contributed by atoms with E-state index in [0.29, 0.717) is 17.0 Å². The number of halogens is 4. The Bertz CT molecular complexity index is 457. The summed E-state index contributed by atoms with van der Waals surface area (Å²) < 4.78 is 37.4. The van der Waals surface area contributed by atoms with Crippen LogP contribution in [-0.2, 0) is 6.18 Å². The van der Waals surface area contributed by atoms with E-state index in [1.54, 1.807) is 6.08 Å². The number of nitro groups is 1. The molecule has 0 aliphatic rings. The summed E-state index contributed by atoms with van der Waals surface area (Å²) in [6.07, 6.45) is -1.59. The van der Waals surface area contributed by atoms with Crippen LogP contribution in [0.15, 0.2) is 24.3 Å². The van der Waals surface area contributed by atoms with Gasteiger partial charge in [0.2, 0.25) is 0 Å². The number of nitro benzene ring substituents is 1. The highest BCUT2D eigenvalue weighted by Crippen LogP contribution is 2.36. The van der Waals surface area contributed by atoms with Crippen LogP contribution in [-0.4, -0.2) is 10.3 Å². The van der Waals surface area contributed by atoms with Crippen molar-refractivity contribution in [1.82, 2.24) is 0 Å². The molecular formula is C10H7BrF3NO2. The molecule has 0 saturated carbocycles. The Labute approximate surface area is 103 Å². The van der Waals surface area contributed by atoms with Crippen molar-refractivity contribution < 1.29 is 18.1 Å². The van der Waals surface area contributed by atoms with E-state index in [0.717, 1.165) is 6.07 Å². The lowest BCUT2D eigenvalue weighted by Gasteiger charge is -2.07.